The maximum Gasteiger partial charge on any atom is 0.401 e. The van der Waals surface area contributed by atoms with Gasteiger partial charge in [-0.05, 0) is 13.8 Å². The Morgan fingerprint density at radius 1 is 1.12 bits per heavy atom. The average Bonchev–Trinajstić information content (AvgIpc) is 2.24. The summed E-state index contributed by atoms with van der Waals surface area (Å²) < 4.78 is 35.6. The van der Waals surface area contributed by atoms with E-state index in [1.807, 2.05) is 0 Å². The molecular formula is C11H22F3N3. The van der Waals surface area contributed by atoms with Crippen molar-refractivity contribution in [1.82, 2.24) is 15.1 Å². The molecule has 0 saturated carbocycles. The fraction of sp³-hybridized carbons (Fsp3) is 1.00. The van der Waals surface area contributed by atoms with Crippen LogP contribution in [0.3, 0.4) is 0 Å². The summed E-state index contributed by atoms with van der Waals surface area (Å²) in [6.45, 7) is 8.47. The van der Waals surface area contributed by atoms with E-state index in [0.717, 1.165) is 26.2 Å². The van der Waals surface area contributed by atoms with Crippen LogP contribution in [0.2, 0.25) is 0 Å². The number of alkyl halides is 3. The van der Waals surface area contributed by atoms with E-state index < -0.39 is 12.7 Å². The van der Waals surface area contributed by atoms with Crippen molar-refractivity contribution >= 4 is 0 Å². The summed E-state index contributed by atoms with van der Waals surface area (Å²) in [4.78, 5) is 4.60. The van der Waals surface area contributed by atoms with E-state index in [2.05, 4.69) is 29.0 Å². The monoisotopic (exact) mass is 253 g/mol. The number of halogens is 3. The molecule has 1 aliphatic rings. The van der Waals surface area contributed by atoms with E-state index in [4.69, 9.17) is 0 Å². The summed E-state index contributed by atoms with van der Waals surface area (Å²) in [6.07, 6.45) is -4.10. The molecule has 1 fully saturated rings. The lowest BCUT2D eigenvalue weighted by molar-refractivity contribution is -0.124. The fourth-order valence-corrected chi connectivity index (χ4v) is 1.97. The Kier molecular flexibility index (Phi) is 5.69. The van der Waals surface area contributed by atoms with Crippen molar-refractivity contribution in [2.24, 2.45) is 0 Å². The minimum Gasteiger partial charge on any atom is -0.307 e. The van der Waals surface area contributed by atoms with Crippen molar-refractivity contribution in [3.63, 3.8) is 0 Å². The van der Waals surface area contributed by atoms with Crippen LogP contribution in [0.25, 0.3) is 0 Å². The Morgan fingerprint density at radius 3 is 2.18 bits per heavy atom. The quantitative estimate of drug-likeness (QED) is 0.742. The highest BCUT2D eigenvalue weighted by Crippen LogP contribution is 2.12. The third kappa shape index (κ3) is 6.24. The molecule has 102 valence electrons. The van der Waals surface area contributed by atoms with Crippen molar-refractivity contribution in [3.05, 3.63) is 0 Å². The molecule has 0 aliphatic carbocycles. The van der Waals surface area contributed by atoms with Gasteiger partial charge < -0.3 is 5.32 Å². The maximum absolute atomic E-state index is 11.9. The van der Waals surface area contributed by atoms with E-state index in [1.54, 1.807) is 0 Å². The van der Waals surface area contributed by atoms with Gasteiger partial charge in [-0.2, -0.15) is 13.2 Å². The van der Waals surface area contributed by atoms with E-state index >= 15 is 0 Å². The van der Waals surface area contributed by atoms with Gasteiger partial charge >= 0.3 is 6.18 Å². The molecule has 1 aliphatic heterocycles. The first-order valence-corrected chi connectivity index (χ1v) is 6.12. The first-order valence-electron chi connectivity index (χ1n) is 6.12. The van der Waals surface area contributed by atoms with Crippen LogP contribution in [0.15, 0.2) is 0 Å². The van der Waals surface area contributed by atoms with Gasteiger partial charge in [0.2, 0.25) is 0 Å². The van der Waals surface area contributed by atoms with Crippen LogP contribution in [0.5, 0.6) is 0 Å². The molecule has 0 spiro atoms. The van der Waals surface area contributed by atoms with Gasteiger partial charge in [-0.1, -0.05) is 0 Å². The van der Waals surface area contributed by atoms with Crippen molar-refractivity contribution < 1.29 is 13.2 Å². The lowest BCUT2D eigenvalue weighted by atomic mass is 10.2. The van der Waals surface area contributed by atoms with Gasteiger partial charge in [-0.3, -0.25) is 9.80 Å². The number of nitrogens with zero attached hydrogens (tertiary/aromatic N) is 2. The first kappa shape index (κ1) is 14.7. The molecule has 1 saturated heterocycles. The predicted octanol–water partition coefficient (Wildman–Crippen LogP) is 1.16. The highest BCUT2D eigenvalue weighted by molar-refractivity contribution is 4.74. The zero-order chi connectivity index (χ0) is 12.9. The highest BCUT2D eigenvalue weighted by atomic mass is 19.4. The van der Waals surface area contributed by atoms with Crippen LogP contribution >= 0.6 is 0 Å². The second kappa shape index (κ2) is 6.56. The lowest BCUT2D eigenvalue weighted by Gasteiger charge is -2.36. The first-order chi connectivity index (χ1) is 7.88. The molecule has 0 atom stereocenters. The molecule has 17 heavy (non-hydrogen) atoms. The van der Waals surface area contributed by atoms with Gasteiger partial charge in [-0.25, -0.2) is 0 Å². The minimum atomic E-state index is -4.10. The van der Waals surface area contributed by atoms with Crippen LogP contribution in [0.4, 0.5) is 13.2 Å². The van der Waals surface area contributed by atoms with Crippen LogP contribution in [0.1, 0.15) is 13.8 Å². The average molecular weight is 253 g/mol. The summed E-state index contributed by atoms with van der Waals surface area (Å²) in [7, 11) is 0. The van der Waals surface area contributed by atoms with E-state index in [1.165, 1.54) is 0 Å². The number of piperazine rings is 1. The smallest absolute Gasteiger partial charge is 0.307 e. The van der Waals surface area contributed by atoms with E-state index in [0.29, 0.717) is 19.1 Å². The zero-order valence-electron chi connectivity index (χ0n) is 10.6. The zero-order valence-corrected chi connectivity index (χ0v) is 10.6. The van der Waals surface area contributed by atoms with Gasteiger partial charge in [0.05, 0.1) is 6.54 Å². The molecule has 3 nitrogen and oxygen atoms in total. The SMILES string of the molecule is CC(C)N1CCN(CCNCC(F)(F)F)CC1. The normalized spacial score (nSPS) is 20.1. The molecule has 0 amide bonds. The molecule has 0 aromatic heterocycles. The van der Waals surface area contributed by atoms with Gasteiger partial charge in [0.1, 0.15) is 0 Å². The van der Waals surface area contributed by atoms with Crippen LogP contribution < -0.4 is 5.32 Å². The van der Waals surface area contributed by atoms with Crippen molar-refractivity contribution in [2.45, 2.75) is 26.1 Å². The Labute approximate surface area is 101 Å². The summed E-state index contributed by atoms with van der Waals surface area (Å²) in [5, 5.41) is 2.43. The molecule has 0 radical (unpaired) electrons. The van der Waals surface area contributed by atoms with Crippen LogP contribution in [-0.2, 0) is 0 Å². The summed E-state index contributed by atoms with van der Waals surface area (Å²) in [5.41, 5.74) is 0. The minimum absolute atomic E-state index is 0.404. The van der Waals surface area contributed by atoms with Crippen LogP contribution in [-0.4, -0.2) is 67.8 Å². The Bertz CT molecular complexity index is 210. The molecule has 0 aromatic carbocycles. The topological polar surface area (TPSA) is 18.5 Å². The summed E-state index contributed by atoms with van der Waals surface area (Å²) >= 11 is 0. The maximum atomic E-state index is 11.9. The van der Waals surface area contributed by atoms with Gasteiger partial charge in [0.25, 0.3) is 0 Å². The Morgan fingerprint density at radius 2 is 1.71 bits per heavy atom. The molecule has 6 heteroatoms. The summed E-state index contributed by atoms with van der Waals surface area (Å²) in [5.74, 6) is 0. The van der Waals surface area contributed by atoms with Crippen LogP contribution in [0, 0.1) is 0 Å². The largest absolute Gasteiger partial charge is 0.401 e. The van der Waals surface area contributed by atoms with Gasteiger partial charge in [-0.15, -0.1) is 0 Å². The third-order valence-electron chi connectivity index (χ3n) is 3.07. The van der Waals surface area contributed by atoms with Crippen molar-refractivity contribution in [1.29, 1.82) is 0 Å². The summed E-state index contributed by atoms with van der Waals surface area (Å²) in [6, 6.07) is 0.556. The second-order valence-corrected chi connectivity index (χ2v) is 4.76. The number of nitrogens with one attached hydrogen (secondary N) is 1. The molecule has 0 aromatic rings. The lowest BCUT2D eigenvalue weighted by Crippen LogP contribution is -2.50. The fourth-order valence-electron chi connectivity index (χ4n) is 1.97. The molecule has 0 bridgehead atoms. The molecule has 1 N–H and O–H groups in total. The molecular weight excluding hydrogens is 231 g/mol. The Balaban J connectivity index is 2.07. The number of hydrogen-bond acceptors (Lipinski definition) is 3. The number of rotatable bonds is 5. The Hall–Kier alpha value is -0.330. The van der Waals surface area contributed by atoms with E-state index in [-0.39, 0.29) is 0 Å². The van der Waals surface area contributed by atoms with Gasteiger partial charge in [0.15, 0.2) is 0 Å². The number of hydrogen-bond donors (Lipinski definition) is 1. The molecule has 1 rings (SSSR count). The third-order valence-corrected chi connectivity index (χ3v) is 3.07. The van der Waals surface area contributed by atoms with Crippen molar-refractivity contribution in [2.75, 3.05) is 45.8 Å². The van der Waals surface area contributed by atoms with Gasteiger partial charge in [0, 0.05) is 45.3 Å². The van der Waals surface area contributed by atoms with Crippen molar-refractivity contribution in [3.8, 4) is 0 Å². The highest BCUT2D eigenvalue weighted by Gasteiger charge is 2.26. The molecule has 1 heterocycles. The molecule has 0 unspecified atom stereocenters. The predicted molar refractivity (Wildman–Crippen MR) is 62.1 cm³/mol. The standard InChI is InChI=1S/C11H22F3N3/c1-10(2)17-7-5-16(6-8-17)4-3-15-9-11(12,13)14/h10,15H,3-9H2,1-2H3. The van der Waals surface area contributed by atoms with E-state index in [9.17, 15) is 13.2 Å². The second-order valence-electron chi connectivity index (χ2n) is 4.76.